The summed E-state index contributed by atoms with van der Waals surface area (Å²) in [6.07, 6.45) is 0.998. The van der Waals surface area contributed by atoms with Crippen molar-refractivity contribution in [2.45, 2.75) is 13.3 Å². The van der Waals surface area contributed by atoms with Gasteiger partial charge >= 0.3 is 0 Å². The lowest BCUT2D eigenvalue weighted by atomic mass is 10.1. The molecule has 1 aromatic carbocycles. The Morgan fingerprint density at radius 2 is 2.33 bits per heavy atom. The van der Waals surface area contributed by atoms with Crippen molar-refractivity contribution in [3.8, 4) is 5.75 Å². The highest BCUT2D eigenvalue weighted by molar-refractivity contribution is 6.18. The van der Waals surface area contributed by atoms with Gasteiger partial charge < -0.3 is 9.64 Å². The molecule has 3 nitrogen and oxygen atoms in total. The van der Waals surface area contributed by atoms with Gasteiger partial charge in [0.05, 0.1) is 7.11 Å². The molecule has 1 aliphatic heterocycles. The zero-order valence-corrected chi connectivity index (χ0v) is 11.5. The lowest BCUT2D eigenvalue weighted by Gasteiger charge is -2.17. The number of carbonyl (C=O) groups excluding carboxylic acids is 1. The van der Waals surface area contributed by atoms with E-state index in [0.29, 0.717) is 17.4 Å². The van der Waals surface area contributed by atoms with Gasteiger partial charge in [-0.1, -0.05) is 6.07 Å². The molecule has 18 heavy (non-hydrogen) atoms. The number of aryl methyl sites for hydroxylation is 1. The Bertz CT molecular complexity index is 447. The predicted octanol–water partition coefficient (Wildman–Crippen LogP) is 2.70. The van der Waals surface area contributed by atoms with Gasteiger partial charge in [0.15, 0.2) is 0 Å². The molecule has 1 amide bonds. The molecular formula is C14H18ClNO2. The van der Waals surface area contributed by atoms with Crippen LogP contribution in [-0.4, -0.2) is 36.9 Å². The number of methoxy groups -OCH3 is 1. The van der Waals surface area contributed by atoms with E-state index < -0.39 is 0 Å². The minimum atomic E-state index is 0.0703. The van der Waals surface area contributed by atoms with Gasteiger partial charge in [-0.25, -0.2) is 0 Å². The van der Waals surface area contributed by atoms with E-state index in [1.165, 1.54) is 0 Å². The molecule has 0 N–H and O–H groups in total. The highest BCUT2D eigenvalue weighted by Gasteiger charge is 2.26. The summed E-state index contributed by atoms with van der Waals surface area (Å²) < 4.78 is 5.25. The van der Waals surface area contributed by atoms with Gasteiger partial charge in [0.2, 0.25) is 0 Å². The fourth-order valence-electron chi connectivity index (χ4n) is 2.28. The van der Waals surface area contributed by atoms with E-state index in [4.69, 9.17) is 16.3 Å². The van der Waals surface area contributed by atoms with Crippen molar-refractivity contribution < 1.29 is 9.53 Å². The molecule has 0 bridgehead atoms. The van der Waals surface area contributed by atoms with Gasteiger partial charge in [-0.2, -0.15) is 0 Å². The minimum absolute atomic E-state index is 0.0703. The highest BCUT2D eigenvalue weighted by Crippen LogP contribution is 2.23. The molecule has 0 radical (unpaired) electrons. The van der Waals surface area contributed by atoms with Crippen molar-refractivity contribution in [2.75, 3.05) is 26.1 Å². The number of ether oxygens (including phenoxy) is 1. The molecule has 2 rings (SSSR count). The van der Waals surface area contributed by atoms with Crippen LogP contribution in [0.3, 0.4) is 0 Å². The predicted molar refractivity (Wildman–Crippen MR) is 72.5 cm³/mol. The SMILES string of the molecule is COc1cc(C(=O)N2CCC(CCl)C2)ccc1C. The number of halogens is 1. The topological polar surface area (TPSA) is 29.5 Å². The van der Waals surface area contributed by atoms with Gasteiger partial charge in [-0.05, 0) is 37.0 Å². The molecule has 1 aliphatic rings. The van der Waals surface area contributed by atoms with Crippen molar-refractivity contribution in [3.05, 3.63) is 29.3 Å². The van der Waals surface area contributed by atoms with Gasteiger partial charge in [-0.3, -0.25) is 4.79 Å². The van der Waals surface area contributed by atoms with Crippen LogP contribution in [0.25, 0.3) is 0 Å². The van der Waals surface area contributed by atoms with E-state index in [-0.39, 0.29) is 5.91 Å². The average Bonchev–Trinajstić information content (AvgIpc) is 2.87. The van der Waals surface area contributed by atoms with Crippen molar-refractivity contribution >= 4 is 17.5 Å². The molecule has 1 atom stereocenters. The van der Waals surface area contributed by atoms with E-state index in [1.54, 1.807) is 7.11 Å². The van der Waals surface area contributed by atoms with Gasteiger partial charge in [0.25, 0.3) is 5.91 Å². The molecule has 0 aromatic heterocycles. The molecule has 1 saturated heterocycles. The third-order valence-corrected chi connectivity index (χ3v) is 3.88. The fourth-order valence-corrected chi connectivity index (χ4v) is 2.53. The largest absolute Gasteiger partial charge is 0.496 e. The van der Waals surface area contributed by atoms with Crippen molar-refractivity contribution in [1.82, 2.24) is 4.90 Å². The third-order valence-electron chi connectivity index (χ3n) is 3.45. The van der Waals surface area contributed by atoms with Crippen LogP contribution in [0.15, 0.2) is 18.2 Å². The second-order valence-corrected chi connectivity index (χ2v) is 5.05. The van der Waals surface area contributed by atoms with E-state index in [0.717, 1.165) is 30.8 Å². The third kappa shape index (κ3) is 2.61. The molecule has 1 aromatic rings. The monoisotopic (exact) mass is 267 g/mol. The summed E-state index contributed by atoms with van der Waals surface area (Å²) in [5.74, 6) is 1.89. The average molecular weight is 268 g/mol. The molecule has 1 fully saturated rings. The summed E-state index contributed by atoms with van der Waals surface area (Å²) in [5, 5.41) is 0. The zero-order chi connectivity index (χ0) is 13.1. The number of likely N-dealkylation sites (tertiary alicyclic amines) is 1. The summed E-state index contributed by atoms with van der Waals surface area (Å²) >= 11 is 5.83. The van der Waals surface area contributed by atoms with Crippen LogP contribution in [0, 0.1) is 12.8 Å². The second kappa shape index (κ2) is 5.61. The number of benzene rings is 1. The maximum atomic E-state index is 12.3. The molecule has 0 aliphatic carbocycles. The summed E-state index contributed by atoms with van der Waals surface area (Å²) in [6, 6.07) is 5.58. The van der Waals surface area contributed by atoms with Crippen LogP contribution >= 0.6 is 11.6 Å². The number of rotatable bonds is 3. The standard InChI is InChI=1S/C14H18ClNO2/c1-10-3-4-12(7-13(10)18-2)14(17)16-6-5-11(8-15)9-16/h3-4,7,11H,5-6,8-9H2,1-2H3. The second-order valence-electron chi connectivity index (χ2n) is 4.74. The summed E-state index contributed by atoms with van der Waals surface area (Å²) in [7, 11) is 1.62. The molecule has 0 spiro atoms. The number of hydrogen-bond donors (Lipinski definition) is 0. The number of carbonyl (C=O) groups is 1. The van der Waals surface area contributed by atoms with E-state index in [9.17, 15) is 4.79 Å². The van der Waals surface area contributed by atoms with E-state index in [1.807, 2.05) is 30.0 Å². The van der Waals surface area contributed by atoms with Crippen LogP contribution in [0.4, 0.5) is 0 Å². The number of amides is 1. The van der Waals surface area contributed by atoms with Crippen LogP contribution in [0.1, 0.15) is 22.3 Å². The Balaban J connectivity index is 2.14. The lowest BCUT2D eigenvalue weighted by molar-refractivity contribution is 0.0788. The summed E-state index contributed by atoms with van der Waals surface area (Å²) in [6.45, 7) is 3.53. The van der Waals surface area contributed by atoms with Gasteiger partial charge in [-0.15, -0.1) is 11.6 Å². The molecule has 4 heteroatoms. The van der Waals surface area contributed by atoms with Crippen LogP contribution in [0.2, 0.25) is 0 Å². The van der Waals surface area contributed by atoms with Crippen molar-refractivity contribution in [1.29, 1.82) is 0 Å². The molecule has 1 unspecified atom stereocenters. The van der Waals surface area contributed by atoms with E-state index in [2.05, 4.69) is 0 Å². The van der Waals surface area contributed by atoms with Crippen LogP contribution in [0.5, 0.6) is 5.75 Å². The Labute approximate surface area is 113 Å². The molecule has 1 heterocycles. The summed E-state index contributed by atoms with van der Waals surface area (Å²) in [4.78, 5) is 14.2. The Morgan fingerprint density at radius 1 is 1.56 bits per heavy atom. The first-order valence-electron chi connectivity index (χ1n) is 6.15. The maximum Gasteiger partial charge on any atom is 0.253 e. The number of alkyl halides is 1. The fraction of sp³-hybridized carbons (Fsp3) is 0.500. The zero-order valence-electron chi connectivity index (χ0n) is 10.8. The van der Waals surface area contributed by atoms with Crippen molar-refractivity contribution in [3.63, 3.8) is 0 Å². The van der Waals surface area contributed by atoms with Crippen LogP contribution < -0.4 is 4.74 Å². The van der Waals surface area contributed by atoms with E-state index >= 15 is 0 Å². The summed E-state index contributed by atoms with van der Waals surface area (Å²) in [5.41, 5.74) is 1.72. The van der Waals surface area contributed by atoms with Gasteiger partial charge in [0.1, 0.15) is 5.75 Å². The van der Waals surface area contributed by atoms with Crippen LogP contribution in [-0.2, 0) is 0 Å². The number of nitrogens with zero attached hydrogens (tertiary/aromatic N) is 1. The first-order valence-corrected chi connectivity index (χ1v) is 6.69. The normalized spacial score (nSPS) is 19.1. The molecular weight excluding hydrogens is 250 g/mol. The quantitative estimate of drug-likeness (QED) is 0.788. The smallest absolute Gasteiger partial charge is 0.253 e. The molecule has 98 valence electrons. The van der Waals surface area contributed by atoms with Gasteiger partial charge in [0, 0.05) is 24.5 Å². The Morgan fingerprint density at radius 3 is 2.94 bits per heavy atom. The first kappa shape index (κ1) is 13.2. The lowest BCUT2D eigenvalue weighted by Crippen LogP contribution is -2.28. The number of hydrogen-bond acceptors (Lipinski definition) is 2. The molecule has 0 saturated carbocycles. The Hall–Kier alpha value is -1.22. The van der Waals surface area contributed by atoms with Crippen molar-refractivity contribution in [2.24, 2.45) is 5.92 Å². The minimum Gasteiger partial charge on any atom is -0.496 e. The highest BCUT2D eigenvalue weighted by atomic mass is 35.5. The maximum absolute atomic E-state index is 12.3. The Kier molecular flexibility index (Phi) is 4.12. The first-order chi connectivity index (χ1) is 8.65.